The number of amides is 1. The zero-order valence-corrected chi connectivity index (χ0v) is 16.0. The number of carbonyl (C=O) groups excluding carboxylic acids is 1. The highest BCUT2D eigenvalue weighted by atomic mass is 16.2. The number of aromatic amines is 1. The van der Waals surface area contributed by atoms with Gasteiger partial charge in [-0.05, 0) is 37.8 Å². The van der Waals surface area contributed by atoms with Crippen LogP contribution in [0.25, 0.3) is 16.9 Å². The first kappa shape index (κ1) is 17.9. The summed E-state index contributed by atoms with van der Waals surface area (Å²) in [5.41, 5.74) is 0.602. The minimum Gasteiger partial charge on any atom is -0.325 e. The Bertz CT molecular complexity index is 1210. The van der Waals surface area contributed by atoms with Crippen molar-refractivity contribution in [3.8, 4) is 5.69 Å². The molecule has 1 aromatic carbocycles. The first-order valence-electron chi connectivity index (χ1n) is 9.86. The summed E-state index contributed by atoms with van der Waals surface area (Å²) in [6.07, 6.45) is 5.80. The summed E-state index contributed by atoms with van der Waals surface area (Å²) in [5, 5.41) is 6.38. The third-order valence-electron chi connectivity index (χ3n) is 5.92. The van der Waals surface area contributed by atoms with Crippen LogP contribution in [0.3, 0.4) is 0 Å². The van der Waals surface area contributed by atoms with Crippen molar-refractivity contribution >= 4 is 22.8 Å². The maximum atomic E-state index is 12.9. The minimum absolute atomic E-state index is 0.152. The Kier molecular flexibility index (Phi) is 4.13. The Morgan fingerprint density at radius 1 is 1.17 bits per heavy atom. The molecule has 2 unspecified atom stereocenters. The summed E-state index contributed by atoms with van der Waals surface area (Å²) < 4.78 is 3.40. The molecule has 2 bridgehead atoms. The number of piperidine rings is 1. The Hall–Kier alpha value is -3.20. The third kappa shape index (κ3) is 2.98. The molecule has 2 aliphatic rings. The molecule has 2 fully saturated rings. The topological polar surface area (TPSA) is 114 Å². The molecule has 2 aliphatic heterocycles. The predicted molar refractivity (Wildman–Crippen MR) is 108 cm³/mol. The van der Waals surface area contributed by atoms with Gasteiger partial charge in [-0.25, -0.2) is 14.3 Å². The Morgan fingerprint density at radius 3 is 2.62 bits per heavy atom. The van der Waals surface area contributed by atoms with Crippen LogP contribution in [-0.4, -0.2) is 37.1 Å². The maximum Gasteiger partial charge on any atom is 0.334 e. The van der Waals surface area contributed by atoms with E-state index in [1.807, 2.05) is 4.57 Å². The molecule has 2 atom stereocenters. The van der Waals surface area contributed by atoms with Gasteiger partial charge >= 0.3 is 5.69 Å². The van der Waals surface area contributed by atoms with Crippen molar-refractivity contribution in [3.63, 3.8) is 0 Å². The number of hydrogen-bond acceptors (Lipinski definition) is 5. The van der Waals surface area contributed by atoms with E-state index in [9.17, 15) is 14.4 Å². The number of para-hydroxylation sites is 2. The lowest BCUT2D eigenvalue weighted by Crippen LogP contribution is -2.39. The average Bonchev–Trinajstić information content (AvgIpc) is 3.26. The first-order chi connectivity index (χ1) is 14.0. The number of fused-ring (bicyclic) bond motifs is 3. The number of benzene rings is 1. The molecule has 0 radical (unpaired) electrons. The van der Waals surface area contributed by atoms with Crippen molar-refractivity contribution in [3.05, 3.63) is 51.4 Å². The molecule has 4 heterocycles. The molecule has 3 aromatic rings. The summed E-state index contributed by atoms with van der Waals surface area (Å²) in [7, 11) is 0. The summed E-state index contributed by atoms with van der Waals surface area (Å²) in [6.45, 7) is 1.41. The molecule has 2 saturated heterocycles. The number of anilines is 1. The van der Waals surface area contributed by atoms with Crippen molar-refractivity contribution < 1.29 is 4.79 Å². The van der Waals surface area contributed by atoms with Gasteiger partial charge in [0.1, 0.15) is 0 Å². The standard InChI is InChI=1S/C20H22N6O3/c1-11(27)22-15-4-2-3-5-16(15)26-19-17(18(28)24-20(26)29)21-10-25(19)14-8-12-6-7-13(9-14)23-12/h2-5,10,12-14,23H,6-9H2,1H3,(H,22,27)(H,24,28,29). The van der Waals surface area contributed by atoms with E-state index in [1.54, 1.807) is 30.6 Å². The van der Waals surface area contributed by atoms with Crippen LogP contribution in [0, 0.1) is 0 Å². The van der Waals surface area contributed by atoms with Crippen LogP contribution in [0.4, 0.5) is 5.69 Å². The maximum absolute atomic E-state index is 12.9. The summed E-state index contributed by atoms with van der Waals surface area (Å²) in [4.78, 5) is 43.7. The number of nitrogens with one attached hydrogen (secondary N) is 3. The second-order valence-corrected chi connectivity index (χ2v) is 7.88. The fraction of sp³-hybridized carbons (Fsp3) is 0.400. The second-order valence-electron chi connectivity index (χ2n) is 7.88. The largest absolute Gasteiger partial charge is 0.334 e. The highest BCUT2D eigenvalue weighted by Crippen LogP contribution is 2.35. The average molecular weight is 394 g/mol. The first-order valence-corrected chi connectivity index (χ1v) is 9.86. The van der Waals surface area contributed by atoms with Gasteiger partial charge in [-0.2, -0.15) is 0 Å². The number of nitrogens with zero attached hydrogens (tertiary/aromatic N) is 3. The number of aromatic nitrogens is 4. The second kappa shape index (κ2) is 6.70. The van der Waals surface area contributed by atoms with E-state index in [-0.39, 0.29) is 17.5 Å². The Morgan fingerprint density at radius 2 is 1.90 bits per heavy atom. The van der Waals surface area contributed by atoms with Crippen LogP contribution in [0.15, 0.2) is 40.2 Å². The molecule has 0 saturated carbocycles. The van der Waals surface area contributed by atoms with Crippen LogP contribution < -0.4 is 21.9 Å². The van der Waals surface area contributed by atoms with Crippen molar-refractivity contribution in [1.82, 2.24) is 24.4 Å². The molecule has 0 spiro atoms. The van der Waals surface area contributed by atoms with Gasteiger partial charge in [0.05, 0.1) is 17.7 Å². The van der Waals surface area contributed by atoms with Crippen molar-refractivity contribution in [2.24, 2.45) is 0 Å². The van der Waals surface area contributed by atoms with E-state index in [4.69, 9.17) is 0 Å². The van der Waals surface area contributed by atoms with Crippen LogP contribution in [-0.2, 0) is 4.79 Å². The van der Waals surface area contributed by atoms with Crippen LogP contribution >= 0.6 is 0 Å². The van der Waals surface area contributed by atoms with E-state index in [2.05, 4.69) is 20.6 Å². The number of imidazole rings is 1. The van der Waals surface area contributed by atoms with Gasteiger partial charge in [0, 0.05) is 25.0 Å². The SMILES string of the molecule is CC(=O)Nc1ccccc1-n1c(=O)[nH]c(=O)c2ncn(C3CC4CCC(C3)N4)c21. The fourth-order valence-corrected chi connectivity index (χ4v) is 4.75. The molecule has 2 aromatic heterocycles. The molecule has 29 heavy (non-hydrogen) atoms. The van der Waals surface area contributed by atoms with Gasteiger partial charge in [-0.15, -0.1) is 0 Å². The zero-order valence-electron chi connectivity index (χ0n) is 16.0. The lowest BCUT2D eigenvalue weighted by atomic mass is 10.00. The highest BCUT2D eigenvalue weighted by molar-refractivity contribution is 5.91. The summed E-state index contributed by atoms with van der Waals surface area (Å²) >= 11 is 0. The van der Waals surface area contributed by atoms with Gasteiger partial charge in [-0.3, -0.25) is 14.6 Å². The smallest absolute Gasteiger partial charge is 0.325 e. The number of hydrogen-bond donors (Lipinski definition) is 3. The highest BCUT2D eigenvalue weighted by Gasteiger charge is 2.35. The number of H-pyrrole nitrogens is 1. The van der Waals surface area contributed by atoms with E-state index in [0.717, 1.165) is 25.7 Å². The van der Waals surface area contributed by atoms with E-state index in [0.29, 0.717) is 29.1 Å². The van der Waals surface area contributed by atoms with E-state index >= 15 is 0 Å². The fourth-order valence-electron chi connectivity index (χ4n) is 4.75. The molecule has 5 rings (SSSR count). The van der Waals surface area contributed by atoms with Gasteiger partial charge < -0.3 is 15.2 Å². The summed E-state index contributed by atoms with van der Waals surface area (Å²) in [5.74, 6) is -0.241. The Labute approximate surface area is 165 Å². The molecule has 9 heteroatoms. The number of carbonyl (C=O) groups is 1. The summed E-state index contributed by atoms with van der Waals surface area (Å²) in [6, 6.07) is 8.09. The molecule has 9 nitrogen and oxygen atoms in total. The van der Waals surface area contributed by atoms with Gasteiger partial charge in [-0.1, -0.05) is 12.1 Å². The molecule has 0 aliphatic carbocycles. The molecule has 150 valence electrons. The lowest BCUT2D eigenvalue weighted by Gasteiger charge is -2.30. The van der Waals surface area contributed by atoms with Crippen molar-refractivity contribution in [1.29, 1.82) is 0 Å². The quantitative estimate of drug-likeness (QED) is 0.619. The minimum atomic E-state index is -0.557. The van der Waals surface area contributed by atoms with Gasteiger partial charge in [0.15, 0.2) is 11.2 Å². The van der Waals surface area contributed by atoms with E-state index in [1.165, 1.54) is 11.5 Å². The van der Waals surface area contributed by atoms with Gasteiger partial charge in [0.2, 0.25) is 5.91 Å². The molecule has 3 N–H and O–H groups in total. The number of rotatable bonds is 3. The normalized spacial score (nSPS) is 23.4. The third-order valence-corrected chi connectivity index (χ3v) is 5.92. The van der Waals surface area contributed by atoms with Crippen LogP contribution in [0.2, 0.25) is 0 Å². The zero-order chi connectivity index (χ0) is 20.1. The van der Waals surface area contributed by atoms with Crippen LogP contribution in [0.5, 0.6) is 0 Å². The van der Waals surface area contributed by atoms with Crippen molar-refractivity contribution in [2.75, 3.05) is 5.32 Å². The molecular formula is C20H22N6O3. The van der Waals surface area contributed by atoms with Crippen molar-refractivity contribution in [2.45, 2.75) is 50.7 Å². The Balaban J connectivity index is 1.75. The van der Waals surface area contributed by atoms with E-state index < -0.39 is 11.2 Å². The monoisotopic (exact) mass is 394 g/mol. The molecule has 1 amide bonds. The molecular weight excluding hydrogens is 372 g/mol. The van der Waals surface area contributed by atoms with Crippen LogP contribution in [0.1, 0.15) is 38.6 Å². The predicted octanol–water partition coefficient (Wildman–Crippen LogP) is 1.29. The van der Waals surface area contributed by atoms with Gasteiger partial charge in [0.25, 0.3) is 5.56 Å². The lowest BCUT2D eigenvalue weighted by molar-refractivity contribution is -0.114.